The smallest absolute Gasteiger partial charge is 0.177 e. The Morgan fingerprint density at radius 3 is 3.00 bits per heavy atom. The lowest BCUT2D eigenvalue weighted by Crippen LogP contribution is -2.03. The van der Waals surface area contributed by atoms with Crippen molar-refractivity contribution >= 4 is 11.6 Å². The fourth-order valence-electron chi connectivity index (χ4n) is 1.32. The number of hydrogen-bond acceptors (Lipinski definition) is 4. The highest BCUT2D eigenvalue weighted by Crippen LogP contribution is 2.21. The normalized spacial score (nSPS) is 10.4. The Labute approximate surface area is 97.8 Å². The van der Waals surface area contributed by atoms with Crippen LogP contribution >= 0.6 is 11.6 Å². The van der Waals surface area contributed by atoms with Crippen molar-refractivity contribution in [2.45, 2.75) is 13.3 Å². The third kappa shape index (κ3) is 2.70. The Hall–Kier alpha value is -1.62. The van der Waals surface area contributed by atoms with Gasteiger partial charge in [0.15, 0.2) is 5.82 Å². The van der Waals surface area contributed by atoms with Crippen molar-refractivity contribution < 1.29 is 4.74 Å². The molecule has 0 spiro atoms. The zero-order valence-corrected chi connectivity index (χ0v) is 9.53. The van der Waals surface area contributed by atoms with Gasteiger partial charge in [-0.25, -0.2) is 0 Å². The number of aromatic amines is 1. The van der Waals surface area contributed by atoms with Crippen molar-refractivity contribution in [1.82, 2.24) is 20.6 Å². The molecule has 5 nitrogen and oxygen atoms in total. The molecule has 0 aliphatic carbocycles. The Morgan fingerprint density at radius 1 is 1.44 bits per heavy atom. The summed E-state index contributed by atoms with van der Waals surface area (Å²) < 4.78 is 5.58. The molecule has 1 heterocycles. The van der Waals surface area contributed by atoms with E-state index in [4.69, 9.17) is 16.3 Å². The van der Waals surface area contributed by atoms with Crippen LogP contribution in [0.5, 0.6) is 5.75 Å². The van der Waals surface area contributed by atoms with Gasteiger partial charge in [-0.3, -0.25) is 0 Å². The third-order valence-electron chi connectivity index (χ3n) is 2.11. The molecule has 0 bridgehead atoms. The maximum atomic E-state index is 5.84. The first-order valence-corrected chi connectivity index (χ1v) is 5.25. The number of aryl methyl sites for hydroxylation is 1. The van der Waals surface area contributed by atoms with Gasteiger partial charge in [0, 0.05) is 11.4 Å². The Balaban J connectivity index is 1.90. The minimum absolute atomic E-state index is 0.516. The number of hydrogen-bond donors (Lipinski definition) is 1. The molecule has 0 aliphatic heterocycles. The van der Waals surface area contributed by atoms with Gasteiger partial charge in [0.2, 0.25) is 0 Å². The number of nitrogens with one attached hydrogen (secondary N) is 1. The van der Waals surface area contributed by atoms with Gasteiger partial charge in [0.25, 0.3) is 0 Å². The first-order chi connectivity index (χ1) is 7.75. The van der Waals surface area contributed by atoms with Crippen LogP contribution in [0.3, 0.4) is 0 Å². The molecule has 0 amide bonds. The summed E-state index contributed by atoms with van der Waals surface area (Å²) in [4.78, 5) is 0. The molecule has 1 N–H and O–H groups in total. The predicted octanol–water partition coefficient (Wildman–Crippen LogP) is 1.78. The number of ether oxygens (including phenoxy) is 1. The summed E-state index contributed by atoms with van der Waals surface area (Å²) in [6.45, 7) is 2.47. The number of halogens is 1. The monoisotopic (exact) mass is 238 g/mol. The van der Waals surface area contributed by atoms with Gasteiger partial charge >= 0.3 is 0 Å². The lowest BCUT2D eigenvalue weighted by atomic mass is 10.2. The Bertz CT molecular complexity index is 458. The summed E-state index contributed by atoms with van der Waals surface area (Å²) in [5, 5.41) is 14.2. The van der Waals surface area contributed by atoms with Crippen LogP contribution < -0.4 is 4.74 Å². The number of benzene rings is 1. The molecule has 0 radical (unpaired) electrons. The Morgan fingerprint density at radius 2 is 2.31 bits per heavy atom. The minimum Gasteiger partial charge on any atom is -0.493 e. The lowest BCUT2D eigenvalue weighted by molar-refractivity contribution is 0.317. The summed E-state index contributed by atoms with van der Waals surface area (Å²) in [6.07, 6.45) is 0.624. The third-order valence-corrected chi connectivity index (χ3v) is 2.34. The second-order valence-electron chi connectivity index (χ2n) is 3.34. The van der Waals surface area contributed by atoms with Crippen LogP contribution in [0, 0.1) is 6.92 Å². The summed E-state index contributed by atoms with van der Waals surface area (Å²) in [5.74, 6) is 1.47. The lowest BCUT2D eigenvalue weighted by Gasteiger charge is -2.07. The second-order valence-corrected chi connectivity index (χ2v) is 3.77. The highest BCUT2D eigenvalue weighted by atomic mass is 35.5. The largest absolute Gasteiger partial charge is 0.493 e. The Kier molecular flexibility index (Phi) is 3.36. The second kappa shape index (κ2) is 4.94. The van der Waals surface area contributed by atoms with E-state index in [9.17, 15) is 0 Å². The minimum atomic E-state index is 0.516. The quantitative estimate of drug-likeness (QED) is 0.882. The molecular formula is C10H11ClN4O. The van der Waals surface area contributed by atoms with Crippen molar-refractivity contribution in [3.63, 3.8) is 0 Å². The summed E-state index contributed by atoms with van der Waals surface area (Å²) in [5.41, 5.74) is 1.01. The van der Waals surface area contributed by atoms with E-state index in [1.165, 1.54) is 0 Å². The zero-order chi connectivity index (χ0) is 11.4. The molecule has 2 aromatic rings. The van der Waals surface area contributed by atoms with E-state index < -0.39 is 0 Å². The SMILES string of the molecule is Cc1cc(Cl)ccc1OCCc1nn[nH]n1. The van der Waals surface area contributed by atoms with Gasteiger partial charge in [0.1, 0.15) is 5.75 Å². The van der Waals surface area contributed by atoms with E-state index in [1.807, 2.05) is 19.1 Å². The van der Waals surface area contributed by atoms with E-state index in [1.54, 1.807) is 6.07 Å². The van der Waals surface area contributed by atoms with Crippen LogP contribution in [0.1, 0.15) is 11.4 Å². The molecule has 84 valence electrons. The van der Waals surface area contributed by atoms with Gasteiger partial charge < -0.3 is 4.74 Å². The summed E-state index contributed by atoms with van der Waals surface area (Å²) >= 11 is 5.84. The van der Waals surface area contributed by atoms with Crippen LogP contribution in [0.15, 0.2) is 18.2 Å². The van der Waals surface area contributed by atoms with E-state index in [0.717, 1.165) is 11.3 Å². The molecule has 0 saturated heterocycles. The van der Waals surface area contributed by atoms with Crippen LogP contribution in [0.4, 0.5) is 0 Å². The summed E-state index contributed by atoms with van der Waals surface area (Å²) in [7, 11) is 0. The van der Waals surface area contributed by atoms with E-state index >= 15 is 0 Å². The van der Waals surface area contributed by atoms with Gasteiger partial charge in [-0.1, -0.05) is 16.8 Å². The van der Waals surface area contributed by atoms with E-state index in [2.05, 4.69) is 20.6 Å². The maximum absolute atomic E-state index is 5.84. The van der Waals surface area contributed by atoms with Crippen molar-refractivity contribution in [1.29, 1.82) is 0 Å². The first-order valence-electron chi connectivity index (χ1n) is 4.87. The maximum Gasteiger partial charge on any atom is 0.177 e. The van der Waals surface area contributed by atoms with Crippen LogP contribution in [0.25, 0.3) is 0 Å². The van der Waals surface area contributed by atoms with Crippen LogP contribution in [-0.4, -0.2) is 27.2 Å². The molecule has 0 atom stereocenters. The van der Waals surface area contributed by atoms with Crippen LogP contribution in [0.2, 0.25) is 5.02 Å². The molecule has 0 saturated carbocycles. The number of H-pyrrole nitrogens is 1. The van der Waals surface area contributed by atoms with Crippen molar-refractivity contribution in [2.24, 2.45) is 0 Å². The van der Waals surface area contributed by atoms with Gasteiger partial charge in [0.05, 0.1) is 6.61 Å². The van der Waals surface area contributed by atoms with Gasteiger partial charge in [-0.15, -0.1) is 10.2 Å². The number of tetrazole rings is 1. The van der Waals surface area contributed by atoms with Gasteiger partial charge in [-0.2, -0.15) is 5.21 Å². The average Bonchev–Trinajstić information content (AvgIpc) is 2.74. The van der Waals surface area contributed by atoms with Crippen molar-refractivity contribution in [2.75, 3.05) is 6.61 Å². The number of aromatic nitrogens is 4. The molecule has 1 aromatic heterocycles. The topological polar surface area (TPSA) is 63.7 Å². The average molecular weight is 239 g/mol. The van der Waals surface area contributed by atoms with Crippen molar-refractivity contribution in [3.8, 4) is 5.75 Å². The fraction of sp³-hybridized carbons (Fsp3) is 0.300. The van der Waals surface area contributed by atoms with E-state index in [-0.39, 0.29) is 0 Å². The summed E-state index contributed by atoms with van der Waals surface area (Å²) in [6, 6.07) is 5.53. The number of nitrogens with zero attached hydrogens (tertiary/aromatic N) is 3. The molecule has 2 rings (SSSR count). The number of rotatable bonds is 4. The highest BCUT2D eigenvalue weighted by molar-refractivity contribution is 6.30. The molecule has 0 unspecified atom stereocenters. The standard InChI is InChI=1S/C10H11ClN4O/c1-7-6-8(11)2-3-9(7)16-5-4-10-12-14-15-13-10/h2-3,6H,4-5H2,1H3,(H,12,13,14,15). The predicted molar refractivity (Wildman–Crippen MR) is 59.6 cm³/mol. The first kappa shape index (κ1) is 10.9. The molecule has 0 fully saturated rings. The van der Waals surface area contributed by atoms with Crippen LogP contribution in [-0.2, 0) is 6.42 Å². The highest BCUT2D eigenvalue weighted by Gasteiger charge is 2.02. The molecule has 0 aliphatic rings. The van der Waals surface area contributed by atoms with E-state index in [0.29, 0.717) is 23.9 Å². The molecule has 16 heavy (non-hydrogen) atoms. The van der Waals surface area contributed by atoms with Gasteiger partial charge in [-0.05, 0) is 30.7 Å². The molecular weight excluding hydrogens is 228 g/mol. The van der Waals surface area contributed by atoms with Crippen molar-refractivity contribution in [3.05, 3.63) is 34.6 Å². The molecule has 1 aromatic carbocycles. The fourth-order valence-corrected chi connectivity index (χ4v) is 1.54. The zero-order valence-electron chi connectivity index (χ0n) is 8.77. The molecule has 6 heteroatoms.